The molecule has 0 aromatic heterocycles. The number of benzene rings is 1. The van der Waals surface area contributed by atoms with Gasteiger partial charge in [-0.15, -0.1) is 0 Å². The molecule has 22 heavy (non-hydrogen) atoms. The number of carbonyl (C=O) groups excluding carboxylic acids is 2. The number of hydrogen-bond acceptors (Lipinski definition) is 5. The third-order valence-corrected chi connectivity index (χ3v) is 2.85. The lowest BCUT2D eigenvalue weighted by Gasteiger charge is -2.27. The number of hydrogen-bond donors (Lipinski definition) is 2. The Bertz CT molecular complexity index is 497. The summed E-state index contributed by atoms with van der Waals surface area (Å²) in [6.07, 6.45) is -0.366. The maximum absolute atomic E-state index is 12.4. The molecule has 0 aliphatic carbocycles. The van der Waals surface area contributed by atoms with E-state index in [1.54, 1.807) is 20.8 Å². The highest BCUT2D eigenvalue weighted by Crippen LogP contribution is 2.11. The number of rotatable bonds is 5. The van der Waals surface area contributed by atoms with E-state index in [1.807, 2.05) is 30.3 Å². The van der Waals surface area contributed by atoms with Gasteiger partial charge in [0.05, 0.1) is 6.04 Å². The molecule has 6 heteroatoms. The van der Waals surface area contributed by atoms with Crippen LogP contribution in [0.3, 0.4) is 0 Å². The van der Waals surface area contributed by atoms with E-state index in [4.69, 9.17) is 16.2 Å². The summed E-state index contributed by atoms with van der Waals surface area (Å²) in [6, 6.07) is 8.58. The largest absolute Gasteiger partial charge is 0.443 e. The Morgan fingerprint density at radius 2 is 1.82 bits per heavy atom. The zero-order valence-corrected chi connectivity index (χ0v) is 13.4. The molecule has 0 spiro atoms. The highest BCUT2D eigenvalue weighted by molar-refractivity contribution is 5.95. The molecule has 0 saturated heterocycles. The highest BCUT2D eigenvalue weighted by Gasteiger charge is 2.30. The van der Waals surface area contributed by atoms with Crippen LogP contribution in [0.2, 0.25) is 0 Å². The second-order valence-corrected chi connectivity index (χ2v) is 6.06. The van der Waals surface area contributed by atoms with Crippen LogP contribution in [0, 0.1) is 0 Å². The van der Waals surface area contributed by atoms with Crippen molar-refractivity contribution in [2.45, 2.75) is 38.8 Å². The summed E-state index contributed by atoms with van der Waals surface area (Å²) in [4.78, 5) is 25.5. The van der Waals surface area contributed by atoms with Crippen LogP contribution in [0.4, 0.5) is 4.79 Å². The molecule has 0 heterocycles. The lowest BCUT2D eigenvalue weighted by atomic mass is 10.1. The van der Waals surface area contributed by atoms with Gasteiger partial charge in [-0.3, -0.25) is 4.79 Å². The summed E-state index contributed by atoms with van der Waals surface area (Å²) >= 11 is 0. The molecular formula is C16H25N3O3. The molecule has 1 aromatic carbocycles. The van der Waals surface area contributed by atoms with Gasteiger partial charge >= 0.3 is 6.09 Å². The molecule has 0 radical (unpaired) electrons. The van der Waals surface area contributed by atoms with Crippen molar-refractivity contribution in [3.05, 3.63) is 35.9 Å². The van der Waals surface area contributed by atoms with E-state index in [1.165, 1.54) is 0 Å². The topological polar surface area (TPSA) is 98.6 Å². The van der Waals surface area contributed by atoms with E-state index in [0.29, 0.717) is 6.42 Å². The summed E-state index contributed by atoms with van der Waals surface area (Å²) in [6.45, 7) is 5.44. The smallest absolute Gasteiger partial charge is 0.417 e. The van der Waals surface area contributed by atoms with Crippen LogP contribution in [0.1, 0.15) is 26.3 Å². The second-order valence-electron chi connectivity index (χ2n) is 6.06. The first-order valence-corrected chi connectivity index (χ1v) is 7.28. The Morgan fingerprint density at radius 3 is 2.32 bits per heavy atom. The van der Waals surface area contributed by atoms with Crippen LogP contribution in [-0.2, 0) is 16.0 Å². The third-order valence-electron chi connectivity index (χ3n) is 2.85. The molecular weight excluding hydrogens is 282 g/mol. The average molecular weight is 307 g/mol. The zero-order valence-electron chi connectivity index (χ0n) is 13.4. The molecule has 2 amide bonds. The van der Waals surface area contributed by atoms with E-state index in [2.05, 4.69) is 0 Å². The van der Waals surface area contributed by atoms with Crippen molar-refractivity contribution in [1.29, 1.82) is 0 Å². The Labute approximate surface area is 131 Å². The van der Waals surface area contributed by atoms with Gasteiger partial charge < -0.3 is 16.2 Å². The van der Waals surface area contributed by atoms with Gasteiger partial charge in [-0.2, -0.15) is 0 Å². The predicted octanol–water partition coefficient (Wildman–Crippen LogP) is 1.28. The summed E-state index contributed by atoms with van der Waals surface area (Å²) in [5.74, 6) is -0.483. The van der Waals surface area contributed by atoms with Crippen molar-refractivity contribution in [3.63, 3.8) is 0 Å². The Kier molecular flexibility index (Phi) is 6.52. The molecule has 0 unspecified atom stereocenters. The van der Waals surface area contributed by atoms with Crippen molar-refractivity contribution in [2.75, 3.05) is 13.1 Å². The lowest BCUT2D eigenvalue weighted by molar-refractivity contribution is -0.131. The van der Waals surface area contributed by atoms with Crippen molar-refractivity contribution < 1.29 is 14.3 Å². The van der Waals surface area contributed by atoms with E-state index in [9.17, 15) is 9.59 Å². The van der Waals surface area contributed by atoms with E-state index in [-0.39, 0.29) is 13.1 Å². The molecule has 0 bridgehead atoms. The van der Waals surface area contributed by atoms with Crippen molar-refractivity contribution >= 4 is 12.0 Å². The number of nitrogens with two attached hydrogens (primary N) is 2. The van der Waals surface area contributed by atoms with E-state index < -0.39 is 23.6 Å². The van der Waals surface area contributed by atoms with Crippen molar-refractivity contribution in [2.24, 2.45) is 11.5 Å². The monoisotopic (exact) mass is 307 g/mol. The van der Waals surface area contributed by atoms with Crippen LogP contribution in [0.25, 0.3) is 0 Å². The lowest BCUT2D eigenvalue weighted by Crippen LogP contribution is -2.50. The number of amides is 2. The summed E-state index contributed by atoms with van der Waals surface area (Å²) in [5.41, 5.74) is 11.7. The Balaban J connectivity index is 2.77. The van der Waals surface area contributed by atoms with Gasteiger partial charge in [0.2, 0.25) is 5.91 Å². The minimum atomic E-state index is -0.818. The van der Waals surface area contributed by atoms with Gasteiger partial charge in [-0.1, -0.05) is 30.3 Å². The molecule has 122 valence electrons. The normalized spacial score (nSPS) is 12.6. The van der Waals surface area contributed by atoms with E-state index in [0.717, 1.165) is 10.5 Å². The second kappa shape index (κ2) is 7.91. The van der Waals surface area contributed by atoms with Crippen LogP contribution >= 0.6 is 0 Å². The summed E-state index contributed by atoms with van der Waals surface area (Å²) in [7, 11) is 0. The third kappa shape index (κ3) is 5.83. The van der Waals surface area contributed by atoms with E-state index >= 15 is 0 Å². The minimum absolute atomic E-state index is 0.0796. The van der Waals surface area contributed by atoms with Crippen molar-refractivity contribution in [1.82, 2.24) is 4.90 Å². The first-order valence-electron chi connectivity index (χ1n) is 7.28. The van der Waals surface area contributed by atoms with Crippen LogP contribution in [0.5, 0.6) is 0 Å². The average Bonchev–Trinajstić information content (AvgIpc) is 2.43. The molecule has 1 rings (SSSR count). The molecule has 0 aliphatic rings. The number of imide groups is 1. The molecule has 0 aliphatic heterocycles. The number of ether oxygens (including phenoxy) is 1. The van der Waals surface area contributed by atoms with Gasteiger partial charge in [0, 0.05) is 13.1 Å². The maximum Gasteiger partial charge on any atom is 0.417 e. The molecule has 0 fully saturated rings. The fourth-order valence-corrected chi connectivity index (χ4v) is 1.89. The minimum Gasteiger partial charge on any atom is -0.443 e. The van der Waals surface area contributed by atoms with Crippen LogP contribution < -0.4 is 11.5 Å². The maximum atomic E-state index is 12.4. The molecule has 0 saturated carbocycles. The highest BCUT2D eigenvalue weighted by atomic mass is 16.6. The van der Waals surface area contributed by atoms with Gasteiger partial charge in [0.1, 0.15) is 5.60 Å². The first kappa shape index (κ1) is 18.1. The Morgan fingerprint density at radius 1 is 1.23 bits per heavy atom. The number of nitrogens with zero attached hydrogens (tertiary/aromatic N) is 1. The van der Waals surface area contributed by atoms with Gasteiger partial charge in [0.25, 0.3) is 0 Å². The summed E-state index contributed by atoms with van der Waals surface area (Å²) < 4.78 is 5.23. The quantitative estimate of drug-likeness (QED) is 0.853. The molecule has 4 N–H and O–H groups in total. The SMILES string of the molecule is CC(C)(C)OC(=O)N(CCN)C(=O)[C@@H](N)Cc1ccccc1. The fraction of sp³-hybridized carbons (Fsp3) is 0.500. The zero-order chi connectivity index (χ0) is 16.8. The Hall–Kier alpha value is -1.92. The van der Waals surface area contributed by atoms with Crippen molar-refractivity contribution in [3.8, 4) is 0 Å². The van der Waals surface area contributed by atoms with Gasteiger partial charge in [-0.25, -0.2) is 9.69 Å². The van der Waals surface area contributed by atoms with Crippen LogP contribution in [0.15, 0.2) is 30.3 Å². The fourth-order valence-electron chi connectivity index (χ4n) is 1.89. The van der Waals surface area contributed by atoms with Gasteiger partial charge in [-0.05, 0) is 32.8 Å². The number of carbonyl (C=O) groups is 2. The summed E-state index contributed by atoms with van der Waals surface area (Å²) in [5, 5.41) is 0. The predicted molar refractivity (Wildman–Crippen MR) is 85.1 cm³/mol. The molecule has 1 aromatic rings. The molecule has 6 nitrogen and oxygen atoms in total. The first-order chi connectivity index (χ1) is 10.2. The van der Waals surface area contributed by atoms with Crippen LogP contribution in [-0.4, -0.2) is 41.6 Å². The standard InChI is InChI=1S/C16H25N3O3/c1-16(2,3)22-15(21)19(10-9-17)14(20)13(18)11-12-7-5-4-6-8-12/h4-8,13H,9-11,17-18H2,1-3H3/t13-/m0/s1. The van der Waals surface area contributed by atoms with Gasteiger partial charge in [0.15, 0.2) is 0 Å². The molecule has 1 atom stereocenters.